The van der Waals surface area contributed by atoms with Gasteiger partial charge in [0, 0.05) is 6.07 Å². The highest BCUT2D eigenvalue weighted by Gasteiger charge is 2.32. The largest absolute Gasteiger partial charge is 0.442 e. The molecule has 0 bridgehead atoms. The van der Waals surface area contributed by atoms with E-state index in [0.717, 1.165) is 18.2 Å². The summed E-state index contributed by atoms with van der Waals surface area (Å²) in [5.41, 5.74) is -1.58. The van der Waals surface area contributed by atoms with Gasteiger partial charge in [0.2, 0.25) is 0 Å². The predicted octanol–water partition coefficient (Wildman–Crippen LogP) is 3.96. The number of alkyl halides is 3. The normalized spacial score (nSPS) is 13.1. The molecule has 10 heteroatoms. The number of carbonyl (C=O) groups is 1. The fourth-order valence-corrected chi connectivity index (χ4v) is 2.89. The molecule has 1 amide bonds. The van der Waals surface area contributed by atoms with Crippen molar-refractivity contribution in [1.29, 1.82) is 0 Å². The summed E-state index contributed by atoms with van der Waals surface area (Å²) in [6.07, 6.45) is -1.80. The molecule has 158 valence electrons. The standard InChI is InChI=1S/C20H19F3N4O3/c1-19(2,3)15(11-4-6-12(7-5-11)20(21,22)23)27-17(29)13-10-14(28)26-16(25-13)18-24-8-9-30-18/h4-10,15H,1-3H3,(H,27,29)(H,25,26,28)/t15-/m0/s1. The molecule has 0 aliphatic carbocycles. The molecule has 1 aromatic carbocycles. The van der Waals surface area contributed by atoms with Crippen LogP contribution in [0.5, 0.6) is 0 Å². The zero-order valence-electron chi connectivity index (χ0n) is 16.4. The quantitative estimate of drug-likeness (QED) is 0.665. The first-order valence-corrected chi connectivity index (χ1v) is 8.94. The average molecular weight is 420 g/mol. The van der Waals surface area contributed by atoms with Crippen molar-refractivity contribution in [2.45, 2.75) is 33.0 Å². The molecule has 1 atom stereocenters. The molecule has 30 heavy (non-hydrogen) atoms. The van der Waals surface area contributed by atoms with Crippen molar-refractivity contribution in [3.63, 3.8) is 0 Å². The summed E-state index contributed by atoms with van der Waals surface area (Å²) in [5, 5.41) is 2.76. The summed E-state index contributed by atoms with van der Waals surface area (Å²) in [4.78, 5) is 35.2. The number of halogens is 3. The summed E-state index contributed by atoms with van der Waals surface area (Å²) < 4.78 is 43.7. The number of hydrogen-bond donors (Lipinski definition) is 2. The Morgan fingerprint density at radius 2 is 1.83 bits per heavy atom. The monoisotopic (exact) mass is 420 g/mol. The Balaban J connectivity index is 1.91. The third kappa shape index (κ3) is 4.76. The van der Waals surface area contributed by atoms with Crippen LogP contribution in [0.4, 0.5) is 13.2 Å². The van der Waals surface area contributed by atoms with Gasteiger partial charge in [-0.05, 0) is 23.1 Å². The number of amides is 1. The number of H-pyrrole nitrogens is 1. The number of aromatic nitrogens is 3. The van der Waals surface area contributed by atoms with Gasteiger partial charge < -0.3 is 14.7 Å². The summed E-state index contributed by atoms with van der Waals surface area (Å²) >= 11 is 0. The lowest BCUT2D eigenvalue weighted by Crippen LogP contribution is -2.37. The Kier molecular flexibility index (Phi) is 5.51. The van der Waals surface area contributed by atoms with Crippen LogP contribution in [0.15, 0.2) is 52.0 Å². The highest BCUT2D eigenvalue weighted by molar-refractivity contribution is 5.92. The van der Waals surface area contributed by atoms with E-state index in [1.807, 2.05) is 20.8 Å². The van der Waals surface area contributed by atoms with E-state index in [2.05, 4.69) is 20.3 Å². The molecule has 3 rings (SSSR count). The second-order valence-corrected chi connectivity index (χ2v) is 7.71. The summed E-state index contributed by atoms with van der Waals surface area (Å²) in [7, 11) is 0. The Morgan fingerprint density at radius 1 is 1.17 bits per heavy atom. The van der Waals surface area contributed by atoms with Crippen LogP contribution in [0, 0.1) is 5.41 Å². The number of rotatable bonds is 4. The molecule has 0 fully saturated rings. The van der Waals surface area contributed by atoms with E-state index in [1.54, 1.807) is 0 Å². The van der Waals surface area contributed by atoms with Gasteiger partial charge in [0.25, 0.3) is 17.4 Å². The van der Waals surface area contributed by atoms with Gasteiger partial charge in [0.05, 0.1) is 17.8 Å². The minimum absolute atomic E-state index is 0.0144. The summed E-state index contributed by atoms with van der Waals surface area (Å²) in [5.74, 6) is -0.634. The lowest BCUT2D eigenvalue weighted by Gasteiger charge is -2.32. The predicted molar refractivity (Wildman–Crippen MR) is 101 cm³/mol. The minimum Gasteiger partial charge on any atom is -0.442 e. The molecule has 0 saturated heterocycles. The van der Waals surface area contributed by atoms with Crippen molar-refractivity contribution in [2.24, 2.45) is 5.41 Å². The molecule has 3 aromatic rings. The number of aromatic amines is 1. The molecule has 7 nitrogen and oxygen atoms in total. The molecule has 2 aromatic heterocycles. The van der Waals surface area contributed by atoms with E-state index < -0.39 is 34.7 Å². The number of nitrogens with zero attached hydrogens (tertiary/aromatic N) is 2. The number of hydrogen-bond acceptors (Lipinski definition) is 5. The Labute approximate surface area is 169 Å². The van der Waals surface area contributed by atoms with Gasteiger partial charge >= 0.3 is 6.18 Å². The van der Waals surface area contributed by atoms with Gasteiger partial charge in [-0.3, -0.25) is 9.59 Å². The summed E-state index contributed by atoms with van der Waals surface area (Å²) in [6.45, 7) is 5.50. The molecule has 2 N–H and O–H groups in total. The zero-order chi connectivity index (χ0) is 22.1. The highest BCUT2D eigenvalue weighted by atomic mass is 19.4. The lowest BCUT2D eigenvalue weighted by molar-refractivity contribution is -0.137. The average Bonchev–Trinajstić information content (AvgIpc) is 3.19. The Hall–Kier alpha value is -3.43. The number of oxazole rings is 1. The molecular weight excluding hydrogens is 401 g/mol. The number of nitrogens with one attached hydrogen (secondary N) is 2. The smallest absolute Gasteiger partial charge is 0.416 e. The molecule has 0 spiro atoms. The first kappa shape index (κ1) is 21.3. The van der Waals surface area contributed by atoms with E-state index >= 15 is 0 Å². The second-order valence-electron chi connectivity index (χ2n) is 7.71. The van der Waals surface area contributed by atoms with Gasteiger partial charge in [-0.1, -0.05) is 32.9 Å². The van der Waals surface area contributed by atoms with E-state index in [4.69, 9.17) is 4.42 Å². The van der Waals surface area contributed by atoms with Crippen LogP contribution in [0.3, 0.4) is 0 Å². The van der Waals surface area contributed by atoms with Crippen LogP contribution >= 0.6 is 0 Å². The Morgan fingerprint density at radius 3 is 2.37 bits per heavy atom. The van der Waals surface area contributed by atoms with Crippen LogP contribution in [0.2, 0.25) is 0 Å². The maximum atomic E-state index is 12.9. The van der Waals surface area contributed by atoms with Gasteiger partial charge in [-0.15, -0.1) is 0 Å². The van der Waals surface area contributed by atoms with Crippen molar-refractivity contribution in [2.75, 3.05) is 0 Å². The molecule has 0 radical (unpaired) electrons. The fraction of sp³-hybridized carbons (Fsp3) is 0.300. The zero-order valence-corrected chi connectivity index (χ0v) is 16.4. The lowest BCUT2D eigenvalue weighted by atomic mass is 9.82. The van der Waals surface area contributed by atoms with Crippen molar-refractivity contribution < 1.29 is 22.4 Å². The Bertz CT molecular complexity index is 1080. The fourth-order valence-electron chi connectivity index (χ4n) is 2.89. The van der Waals surface area contributed by atoms with E-state index in [1.165, 1.54) is 24.6 Å². The highest BCUT2D eigenvalue weighted by Crippen LogP contribution is 2.35. The third-order valence-corrected chi connectivity index (χ3v) is 4.32. The first-order valence-electron chi connectivity index (χ1n) is 8.94. The van der Waals surface area contributed by atoms with Crippen LogP contribution in [0.1, 0.15) is 48.4 Å². The maximum Gasteiger partial charge on any atom is 0.416 e. The molecule has 0 unspecified atom stereocenters. The van der Waals surface area contributed by atoms with Gasteiger partial charge in [-0.25, -0.2) is 9.97 Å². The topological polar surface area (TPSA) is 101 Å². The van der Waals surface area contributed by atoms with Crippen LogP contribution in [-0.2, 0) is 6.18 Å². The SMILES string of the molecule is CC(C)(C)[C@@H](NC(=O)c1cc(=O)[nH]c(-c2ncco2)n1)c1ccc(C(F)(F)F)cc1. The van der Waals surface area contributed by atoms with Crippen LogP contribution < -0.4 is 10.9 Å². The van der Waals surface area contributed by atoms with E-state index in [-0.39, 0.29) is 17.4 Å². The van der Waals surface area contributed by atoms with Crippen LogP contribution in [0.25, 0.3) is 11.7 Å². The third-order valence-electron chi connectivity index (χ3n) is 4.32. The van der Waals surface area contributed by atoms with Crippen molar-refractivity contribution in [3.05, 3.63) is 70.0 Å². The molecule has 0 aliphatic heterocycles. The van der Waals surface area contributed by atoms with Gasteiger partial charge in [0.15, 0.2) is 5.82 Å². The molecule has 2 heterocycles. The number of benzene rings is 1. The van der Waals surface area contributed by atoms with Crippen molar-refractivity contribution >= 4 is 5.91 Å². The maximum absolute atomic E-state index is 12.9. The van der Waals surface area contributed by atoms with Crippen molar-refractivity contribution in [1.82, 2.24) is 20.3 Å². The van der Waals surface area contributed by atoms with Gasteiger partial charge in [-0.2, -0.15) is 13.2 Å². The van der Waals surface area contributed by atoms with E-state index in [9.17, 15) is 22.8 Å². The van der Waals surface area contributed by atoms with Gasteiger partial charge in [0.1, 0.15) is 12.0 Å². The minimum atomic E-state index is -4.45. The van der Waals surface area contributed by atoms with Crippen LogP contribution in [-0.4, -0.2) is 20.9 Å². The number of carbonyl (C=O) groups excluding carboxylic acids is 1. The second kappa shape index (κ2) is 7.77. The summed E-state index contributed by atoms with van der Waals surface area (Å²) in [6, 6.07) is 4.95. The van der Waals surface area contributed by atoms with Crippen molar-refractivity contribution in [3.8, 4) is 11.7 Å². The van der Waals surface area contributed by atoms with E-state index in [0.29, 0.717) is 5.56 Å². The first-order chi connectivity index (χ1) is 13.9. The molecule has 0 saturated carbocycles. The molecular formula is C20H19F3N4O3. The molecule has 0 aliphatic rings.